The first-order valence-corrected chi connectivity index (χ1v) is 9.24. The van der Waals surface area contributed by atoms with Gasteiger partial charge in [-0.05, 0) is 39.5 Å². The Bertz CT molecular complexity index is 706. The molecule has 0 saturated carbocycles. The zero-order valence-electron chi connectivity index (χ0n) is 12.8. The van der Waals surface area contributed by atoms with Gasteiger partial charge in [-0.1, -0.05) is 48.0 Å². The highest BCUT2D eigenvalue weighted by atomic mass is 79.9. The van der Waals surface area contributed by atoms with E-state index in [1.807, 2.05) is 0 Å². The molecule has 0 aromatic heterocycles. The number of piperidine rings is 1. The molecule has 120 valence electrons. The number of fused-ring (bicyclic) bond motifs is 3. The molecule has 2 nitrogen and oxygen atoms in total. The Hall–Kier alpha value is -0.870. The minimum Gasteiger partial charge on any atom is -0.373 e. The summed E-state index contributed by atoms with van der Waals surface area (Å²) < 4.78 is 7.07. The van der Waals surface area contributed by atoms with Crippen molar-refractivity contribution in [1.29, 1.82) is 0 Å². The van der Waals surface area contributed by atoms with Crippen LogP contribution in [-0.4, -0.2) is 24.1 Å². The molecule has 0 N–H and O–H groups in total. The molecule has 2 aliphatic heterocycles. The number of likely N-dealkylation sites (tertiary alicyclic amines) is 1. The van der Waals surface area contributed by atoms with E-state index in [4.69, 9.17) is 16.3 Å². The van der Waals surface area contributed by atoms with Crippen molar-refractivity contribution >= 4 is 27.5 Å². The standard InChI is InChI=1S/C19H19BrClNO/c20-17-7-6-14-15-11-22(10-13-4-2-1-3-5-13)9-8-18(15)23-12-16(14)19(17)21/h1-7,15,18H,8-12H2/t15-,18+/m0/s1. The van der Waals surface area contributed by atoms with Crippen LogP contribution >= 0.6 is 27.5 Å². The molecular formula is C19H19BrClNO. The summed E-state index contributed by atoms with van der Waals surface area (Å²) in [6, 6.07) is 15.0. The van der Waals surface area contributed by atoms with Crippen LogP contribution in [0.5, 0.6) is 0 Å². The van der Waals surface area contributed by atoms with E-state index in [0.717, 1.165) is 41.1 Å². The zero-order chi connectivity index (χ0) is 15.8. The van der Waals surface area contributed by atoms with Gasteiger partial charge in [0.05, 0.1) is 17.7 Å². The predicted octanol–water partition coefficient (Wildman–Crippen LogP) is 4.99. The molecular weight excluding hydrogens is 374 g/mol. The van der Waals surface area contributed by atoms with Gasteiger partial charge in [0.15, 0.2) is 0 Å². The Kier molecular flexibility index (Phi) is 4.46. The molecule has 2 aliphatic rings. The number of ether oxygens (including phenoxy) is 1. The van der Waals surface area contributed by atoms with Crippen molar-refractivity contribution in [2.24, 2.45) is 0 Å². The lowest BCUT2D eigenvalue weighted by molar-refractivity contribution is -0.0325. The maximum Gasteiger partial charge on any atom is 0.0738 e. The van der Waals surface area contributed by atoms with Gasteiger partial charge in [0, 0.05) is 35.6 Å². The molecule has 2 aromatic rings. The average Bonchev–Trinajstić information content (AvgIpc) is 2.59. The third kappa shape index (κ3) is 3.08. The topological polar surface area (TPSA) is 12.5 Å². The summed E-state index contributed by atoms with van der Waals surface area (Å²) in [6.07, 6.45) is 1.41. The summed E-state index contributed by atoms with van der Waals surface area (Å²) in [4.78, 5) is 2.53. The number of hydrogen-bond acceptors (Lipinski definition) is 2. The second-order valence-electron chi connectivity index (χ2n) is 6.39. The molecule has 0 radical (unpaired) electrons. The number of rotatable bonds is 2. The first-order chi connectivity index (χ1) is 11.2. The SMILES string of the molecule is Clc1c(Br)ccc2c1CO[C@@H]1CCN(Cc3ccccc3)C[C@@H]21. The first kappa shape index (κ1) is 15.6. The summed E-state index contributed by atoms with van der Waals surface area (Å²) >= 11 is 9.99. The van der Waals surface area contributed by atoms with Crippen LogP contribution in [0.25, 0.3) is 0 Å². The van der Waals surface area contributed by atoms with E-state index in [1.165, 1.54) is 11.1 Å². The van der Waals surface area contributed by atoms with Crippen LogP contribution < -0.4 is 0 Å². The number of halogens is 2. The zero-order valence-corrected chi connectivity index (χ0v) is 15.2. The second kappa shape index (κ2) is 6.56. The number of nitrogens with zero attached hydrogens (tertiary/aromatic N) is 1. The molecule has 1 saturated heterocycles. The summed E-state index contributed by atoms with van der Waals surface area (Å²) in [5, 5.41) is 0.807. The van der Waals surface area contributed by atoms with E-state index >= 15 is 0 Å². The third-order valence-corrected chi connectivity index (χ3v) is 6.28. The Balaban J connectivity index is 1.57. The van der Waals surface area contributed by atoms with Gasteiger partial charge in [-0.15, -0.1) is 0 Å². The van der Waals surface area contributed by atoms with E-state index < -0.39 is 0 Å². The van der Waals surface area contributed by atoms with Crippen molar-refractivity contribution in [2.45, 2.75) is 31.6 Å². The van der Waals surface area contributed by atoms with Crippen molar-refractivity contribution < 1.29 is 4.74 Å². The molecule has 2 heterocycles. The molecule has 0 amide bonds. The number of hydrogen-bond donors (Lipinski definition) is 0. The van der Waals surface area contributed by atoms with Crippen LogP contribution in [0.4, 0.5) is 0 Å². The third-order valence-electron chi connectivity index (χ3n) is 4.96. The second-order valence-corrected chi connectivity index (χ2v) is 7.63. The van der Waals surface area contributed by atoms with E-state index in [9.17, 15) is 0 Å². The Labute approximate surface area is 150 Å². The van der Waals surface area contributed by atoms with Gasteiger partial charge in [0.25, 0.3) is 0 Å². The lowest BCUT2D eigenvalue weighted by atomic mass is 9.83. The molecule has 0 spiro atoms. The van der Waals surface area contributed by atoms with E-state index in [-0.39, 0.29) is 0 Å². The summed E-state index contributed by atoms with van der Waals surface area (Å²) in [6.45, 7) is 3.76. The minimum atomic E-state index is 0.326. The fourth-order valence-electron chi connectivity index (χ4n) is 3.77. The van der Waals surface area contributed by atoms with Crippen LogP contribution in [0.15, 0.2) is 46.9 Å². The first-order valence-electron chi connectivity index (χ1n) is 8.07. The highest BCUT2D eigenvalue weighted by Crippen LogP contribution is 2.41. The Morgan fingerprint density at radius 2 is 2.00 bits per heavy atom. The van der Waals surface area contributed by atoms with Gasteiger partial charge >= 0.3 is 0 Å². The monoisotopic (exact) mass is 391 g/mol. The highest BCUT2D eigenvalue weighted by molar-refractivity contribution is 9.10. The highest BCUT2D eigenvalue weighted by Gasteiger charge is 2.36. The molecule has 4 heteroatoms. The molecule has 0 aliphatic carbocycles. The quantitative estimate of drug-likeness (QED) is 0.714. The maximum absolute atomic E-state index is 6.47. The molecule has 2 aromatic carbocycles. The molecule has 4 rings (SSSR count). The fraction of sp³-hybridized carbons (Fsp3) is 0.368. The molecule has 23 heavy (non-hydrogen) atoms. The maximum atomic E-state index is 6.47. The summed E-state index contributed by atoms with van der Waals surface area (Å²) in [7, 11) is 0. The van der Waals surface area contributed by atoms with Crippen LogP contribution in [-0.2, 0) is 17.9 Å². The van der Waals surface area contributed by atoms with E-state index in [0.29, 0.717) is 18.6 Å². The fourth-order valence-corrected chi connectivity index (χ4v) is 4.37. The van der Waals surface area contributed by atoms with Gasteiger partial charge in [0.1, 0.15) is 0 Å². The smallest absolute Gasteiger partial charge is 0.0738 e. The van der Waals surface area contributed by atoms with Crippen molar-refractivity contribution in [2.75, 3.05) is 13.1 Å². The van der Waals surface area contributed by atoms with Crippen LogP contribution in [0, 0.1) is 0 Å². The normalized spacial score (nSPS) is 24.1. The van der Waals surface area contributed by atoms with Crippen LogP contribution in [0.2, 0.25) is 5.02 Å². The van der Waals surface area contributed by atoms with Gasteiger partial charge in [-0.2, -0.15) is 0 Å². The molecule has 0 unspecified atom stereocenters. The summed E-state index contributed by atoms with van der Waals surface area (Å²) in [5.41, 5.74) is 3.90. The lowest BCUT2D eigenvalue weighted by Crippen LogP contribution is -2.44. The van der Waals surface area contributed by atoms with Gasteiger partial charge in [-0.3, -0.25) is 4.90 Å². The van der Waals surface area contributed by atoms with Gasteiger partial charge in [0.2, 0.25) is 0 Å². The molecule has 1 fully saturated rings. The molecule has 2 atom stereocenters. The minimum absolute atomic E-state index is 0.326. The molecule has 0 bridgehead atoms. The van der Waals surface area contributed by atoms with Gasteiger partial charge in [-0.25, -0.2) is 0 Å². The van der Waals surface area contributed by atoms with Gasteiger partial charge < -0.3 is 4.74 Å². The van der Waals surface area contributed by atoms with E-state index in [2.05, 4.69) is 63.3 Å². The lowest BCUT2D eigenvalue weighted by Gasteiger charge is -2.42. The van der Waals surface area contributed by atoms with E-state index in [1.54, 1.807) is 0 Å². The van der Waals surface area contributed by atoms with Crippen molar-refractivity contribution in [1.82, 2.24) is 4.90 Å². The average molecular weight is 393 g/mol. The van der Waals surface area contributed by atoms with Crippen LogP contribution in [0.1, 0.15) is 29.0 Å². The van der Waals surface area contributed by atoms with Crippen molar-refractivity contribution in [3.05, 3.63) is 68.7 Å². The van der Waals surface area contributed by atoms with Crippen molar-refractivity contribution in [3.63, 3.8) is 0 Å². The van der Waals surface area contributed by atoms with Crippen molar-refractivity contribution in [3.8, 4) is 0 Å². The Morgan fingerprint density at radius 3 is 2.83 bits per heavy atom. The largest absolute Gasteiger partial charge is 0.373 e. The Morgan fingerprint density at radius 1 is 1.17 bits per heavy atom. The summed E-state index contributed by atoms with van der Waals surface area (Å²) in [5.74, 6) is 0.418. The number of benzene rings is 2. The van der Waals surface area contributed by atoms with Crippen LogP contribution in [0.3, 0.4) is 0 Å². The predicted molar refractivity (Wildman–Crippen MR) is 96.8 cm³/mol.